The normalized spacial score (nSPS) is 21.5. The largest absolute Gasteiger partial charge is 0.402 e. The summed E-state index contributed by atoms with van der Waals surface area (Å²) < 4.78 is 54.5. The quantitative estimate of drug-likeness (QED) is 0.284. The Morgan fingerprint density at radius 1 is 1.09 bits per heavy atom. The van der Waals surface area contributed by atoms with E-state index in [0.717, 1.165) is 22.5 Å². The number of hydrogen-bond donors (Lipinski definition) is 2. The second-order valence-corrected chi connectivity index (χ2v) is 12.0. The molecule has 1 aliphatic carbocycles. The van der Waals surface area contributed by atoms with Gasteiger partial charge in [0.2, 0.25) is 6.17 Å². The first-order valence-corrected chi connectivity index (χ1v) is 15.1. The molecule has 4 heterocycles. The number of para-hydroxylation sites is 1. The van der Waals surface area contributed by atoms with Crippen molar-refractivity contribution < 1.29 is 27.1 Å². The van der Waals surface area contributed by atoms with E-state index in [2.05, 4.69) is 25.8 Å². The van der Waals surface area contributed by atoms with Gasteiger partial charge in [0.15, 0.2) is 5.69 Å². The lowest BCUT2D eigenvalue weighted by molar-refractivity contribution is -0.212. The molecule has 2 aromatic heterocycles. The highest BCUT2D eigenvalue weighted by Gasteiger charge is 2.61. The number of amides is 1. The molecule has 10 nitrogen and oxygen atoms in total. The minimum absolute atomic E-state index is 0.00822. The van der Waals surface area contributed by atoms with E-state index >= 15 is 0 Å². The highest BCUT2D eigenvalue weighted by molar-refractivity contribution is 7.16. The number of rotatable bonds is 6. The number of aliphatic imine (C=N–C) groups is 1. The predicted molar refractivity (Wildman–Crippen MR) is 159 cm³/mol. The zero-order valence-corrected chi connectivity index (χ0v) is 24.4. The molecule has 14 heteroatoms. The Labute approximate surface area is 254 Å². The van der Waals surface area contributed by atoms with Crippen LogP contribution in [0.25, 0.3) is 11.6 Å². The van der Waals surface area contributed by atoms with Crippen LogP contribution in [0.3, 0.4) is 0 Å². The zero-order chi connectivity index (χ0) is 30.5. The van der Waals surface area contributed by atoms with E-state index in [9.17, 15) is 18.0 Å². The van der Waals surface area contributed by atoms with Gasteiger partial charge in [-0.05, 0) is 25.8 Å². The van der Waals surface area contributed by atoms with Crippen LogP contribution in [0.15, 0.2) is 64.0 Å². The standard InChI is InChI=1S/C30H28F3N7O3S/c1-17-16-40(14-15-42-17)26-22(36-27(44-26)29(12-7-13-29)30(31,32)33)25-38-39-28(43-25)37-23-24(41)34-20-11-6-5-10-19(20)21(35-23)18-8-3-2-4-9-18/h2-6,8-11,17,23H,7,12-16H2,1H3,(H,34,41)(H,37,39)/t17-,23+/m0/s1. The minimum atomic E-state index is -4.43. The van der Waals surface area contributed by atoms with Gasteiger partial charge in [-0.3, -0.25) is 4.79 Å². The molecule has 0 radical (unpaired) electrons. The number of benzene rings is 2. The third-order valence-electron chi connectivity index (χ3n) is 8.18. The van der Waals surface area contributed by atoms with Gasteiger partial charge in [0.05, 0.1) is 24.1 Å². The average molecular weight is 624 g/mol. The summed E-state index contributed by atoms with van der Waals surface area (Å²) in [6, 6.07) is 16.7. The van der Waals surface area contributed by atoms with Gasteiger partial charge in [-0.1, -0.05) is 71.4 Å². The summed E-state index contributed by atoms with van der Waals surface area (Å²) in [5, 5.41) is 14.5. The van der Waals surface area contributed by atoms with Crippen molar-refractivity contribution in [3.63, 3.8) is 0 Å². The molecule has 7 rings (SSSR count). The van der Waals surface area contributed by atoms with Crippen molar-refractivity contribution in [2.75, 3.05) is 35.2 Å². The summed E-state index contributed by atoms with van der Waals surface area (Å²) in [6.07, 6.45) is -5.24. The van der Waals surface area contributed by atoms with E-state index in [0.29, 0.717) is 42.5 Å². The van der Waals surface area contributed by atoms with Crippen LogP contribution in [-0.2, 0) is 14.9 Å². The number of ether oxygens (including phenoxy) is 1. The molecule has 0 unspecified atom stereocenters. The zero-order valence-electron chi connectivity index (χ0n) is 23.6. The summed E-state index contributed by atoms with van der Waals surface area (Å²) in [4.78, 5) is 24.5. The SMILES string of the molecule is C[C@H]1CN(c2sc(C3(C(F)(F)F)CCC3)nc2-c2nnc(N[C@H]3N=C(c4ccccc4)c4ccccc4NC3=O)o2)CCO1. The van der Waals surface area contributed by atoms with Crippen molar-refractivity contribution >= 4 is 39.7 Å². The molecule has 228 valence electrons. The van der Waals surface area contributed by atoms with Crippen molar-refractivity contribution in [2.24, 2.45) is 4.99 Å². The molecular formula is C30H28F3N7O3S. The third kappa shape index (κ3) is 5.01. The average Bonchev–Trinajstić information content (AvgIpc) is 3.59. The van der Waals surface area contributed by atoms with Crippen LogP contribution in [0.5, 0.6) is 0 Å². The highest BCUT2D eigenvalue weighted by Crippen LogP contribution is 2.57. The maximum atomic E-state index is 14.3. The Morgan fingerprint density at radius 3 is 2.59 bits per heavy atom. The molecule has 1 saturated carbocycles. The van der Waals surface area contributed by atoms with Crippen molar-refractivity contribution in [1.82, 2.24) is 15.2 Å². The number of alkyl halides is 3. The predicted octanol–water partition coefficient (Wildman–Crippen LogP) is 5.63. The van der Waals surface area contributed by atoms with E-state index in [1.807, 2.05) is 60.4 Å². The molecule has 1 saturated heterocycles. The van der Waals surface area contributed by atoms with Crippen LogP contribution in [0.2, 0.25) is 0 Å². The molecule has 0 bridgehead atoms. The molecule has 2 aliphatic heterocycles. The Morgan fingerprint density at radius 2 is 1.86 bits per heavy atom. The van der Waals surface area contributed by atoms with Gasteiger partial charge in [-0.15, -0.1) is 5.10 Å². The molecule has 2 fully saturated rings. The summed E-state index contributed by atoms with van der Waals surface area (Å²) in [5.41, 5.74) is 0.938. The number of carbonyl (C=O) groups is 1. The van der Waals surface area contributed by atoms with Gasteiger partial charge >= 0.3 is 12.2 Å². The summed E-state index contributed by atoms with van der Waals surface area (Å²) in [6.45, 7) is 3.30. The van der Waals surface area contributed by atoms with Gasteiger partial charge in [0.25, 0.3) is 11.8 Å². The fourth-order valence-corrected chi connectivity index (χ4v) is 7.06. The lowest BCUT2D eigenvalue weighted by Crippen LogP contribution is -2.47. The lowest BCUT2D eigenvalue weighted by Gasteiger charge is -2.41. The van der Waals surface area contributed by atoms with E-state index in [1.165, 1.54) is 0 Å². The lowest BCUT2D eigenvalue weighted by atomic mass is 9.68. The van der Waals surface area contributed by atoms with Crippen LogP contribution in [0, 0.1) is 0 Å². The second-order valence-electron chi connectivity index (χ2n) is 11.1. The number of nitrogens with one attached hydrogen (secondary N) is 2. The smallest absolute Gasteiger partial charge is 0.400 e. The molecule has 0 spiro atoms. The minimum Gasteiger partial charge on any atom is -0.402 e. The summed E-state index contributed by atoms with van der Waals surface area (Å²) in [5.74, 6) is -0.496. The highest BCUT2D eigenvalue weighted by atomic mass is 32.1. The van der Waals surface area contributed by atoms with E-state index in [-0.39, 0.29) is 41.6 Å². The Balaban J connectivity index is 1.24. The van der Waals surface area contributed by atoms with Gasteiger partial charge in [0, 0.05) is 24.2 Å². The van der Waals surface area contributed by atoms with E-state index < -0.39 is 23.7 Å². The number of hydrogen-bond acceptors (Lipinski definition) is 10. The topological polar surface area (TPSA) is 118 Å². The molecule has 4 aromatic rings. The number of thiazole rings is 1. The first kappa shape index (κ1) is 28.5. The second kappa shape index (κ2) is 11.0. The van der Waals surface area contributed by atoms with Gasteiger partial charge < -0.3 is 24.7 Å². The molecule has 2 N–H and O–H groups in total. The number of benzodiazepines with no additional fused rings is 1. The first-order chi connectivity index (χ1) is 21.2. The number of anilines is 3. The van der Waals surface area contributed by atoms with Crippen molar-refractivity contribution in [1.29, 1.82) is 0 Å². The van der Waals surface area contributed by atoms with Crippen LogP contribution in [0.1, 0.15) is 42.3 Å². The van der Waals surface area contributed by atoms with Crippen LogP contribution in [-0.4, -0.2) is 64.9 Å². The van der Waals surface area contributed by atoms with E-state index in [1.54, 1.807) is 6.07 Å². The molecule has 1 amide bonds. The summed E-state index contributed by atoms with van der Waals surface area (Å²) in [7, 11) is 0. The van der Waals surface area contributed by atoms with E-state index in [4.69, 9.17) is 14.1 Å². The van der Waals surface area contributed by atoms with Crippen molar-refractivity contribution in [2.45, 2.75) is 50.0 Å². The third-order valence-corrected chi connectivity index (χ3v) is 9.50. The number of halogens is 3. The van der Waals surface area contributed by atoms with Crippen molar-refractivity contribution in [3.8, 4) is 11.6 Å². The number of morpholine rings is 1. The van der Waals surface area contributed by atoms with Gasteiger partial charge in [-0.2, -0.15) is 13.2 Å². The van der Waals surface area contributed by atoms with Crippen LogP contribution < -0.4 is 15.5 Å². The number of nitrogens with zero attached hydrogens (tertiary/aromatic N) is 5. The summed E-state index contributed by atoms with van der Waals surface area (Å²) >= 11 is 1.02. The van der Waals surface area contributed by atoms with Gasteiger partial charge in [-0.25, -0.2) is 9.98 Å². The molecule has 2 atom stereocenters. The molecule has 3 aliphatic rings. The number of fused-ring (bicyclic) bond motifs is 1. The number of carbonyl (C=O) groups excluding carboxylic acids is 1. The number of aromatic nitrogens is 3. The van der Waals surface area contributed by atoms with Gasteiger partial charge in [0.1, 0.15) is 15.4 Å². The maximum absolute atomic E-state index is 14.3. The van der Waals surface area contributed by atoms with Crippen LogP contribution in [0.4, 0.5) is 29.9 Å². The first-order valence-electron chi connectivity index (χ1n) is 14.3. The van der Waals surface area contributed by atoms with Crippen LogP contribution >= 0.6 is 11.3 Å². The molecule has 44 heavy (non-hydrogen) atoms. The Hall–Kier alpha value is -4.30. The Bertz CT molecular complexity index is 1720. The fourth-order valence-electron chi connectivity index (χ4n) is 5.70. The Kier molecular flexibility index (Phi) is 7.12. The molecular weight excluding hydrogens is 595 g/mol. The van der Waals surface area contributed by atoms with Crippen molar-refractivity contribution in [3.05, 3.63) is 70.7 Å². The maximum Gasteiger partial charge on any atom is 0.400 e. The molecule has 2 aromatic carbocycles. The monoisotopic (exact) mass is 623 g/mol. The fraction of sp³-hybridized carbons (Fsp3) is 0.367.